The van der Waals surface area contributed by atoms with Gasteiger partial charge in [-0.2, -0.15) is 5.26 Å². The van der Waals surface area contributed by atoms with Crippen LogP contribution in [0.3, 0.4) is 0 Å². The molecule has 0 aliphatic heterocycles. The fraction of sp³-hybridized carbons (Fsp3) is 0.0714. The molecule has 1 N–H and O–H groups in total. The van der Waals surface area contributed by atoms with Crippen molar-refractivity contribution in [2.45, 2.75) is 6.10 Å². The highest BCUT2D eigenvalue weighted by Gasteiger charge is 2.06. The topological polar surface area (TPSA) is 53.2 Å². The van der Waals surface area contributed by atoms with Crippen molar-refractivity contribution in [3.63, 3.8) is 0 Å². The molecule has 0 saturated carbocycles. The summed E-state index contributed by atoms with van der Waals surface area (Å²) in [6, 6.07) is 13.9. The maximum Gasteiger partial charge on any atom is 0.166 e. The van der Waals surface area contributed by atoms with E-state index in [2.05, 4.69) is 0 Å². The first-order valence-electron chi connectivity index (χ1n) is 5.30. The Hall–Kier alpha value is -2.38. The first-order chi connectivity index (χ1) is 8.69. The molecule has 0 amide bonds. The number of hydrogen-bond acceptors (Lipinski definition) is 3. The predicted molar refractivity (Wildman–Crippen MR) is 63.5 cm³/mol. The molecule has 0 spiro atoms. The van der Waals surface area contributed by atoms with Crippen LogP contribution >= 0.6 is 0 Å². The van der Waals surface area contributed by atoms with Crippen LogP contribution < -0.4 is 4.74 Å². The lowest BCUT2D eigenvalue weighted by Crippen LogP contribution is -1.93. The van der Waals surface area contributed by atoms with Crippen LogP contribution in [-0.2, 0) is 0 Å². The van der Waals surface area contributed by atoms with Crippen molar-refractivity contribution in [1.82, 2.24) is 0 Å². The minimum atomic E-state index is -1.18. The van der Waals surface area contributed by atoms with E-state index >= 15 is 0 Å². The largest absolute Gasteiger partial charge is 0.457 e. The van der Waals surface area contributed by atoms with E-state index in [4.69, 9.17) is 10.00 Å². The van der Waals surface area contributed by atoms with Crippen LogP contribution in [0.5, 0.6) is 11.5 Å². The fourth-order valence-electron chi connectivity index (χ4n) is 1.46. The van der Waals surface area contributed by atoms with Gasteiger partial charge in [0.2, 0.25) is 0 Å². The third kappa shape index (κ3) is 2.84. The quantitative estimate of drug-likeness (QED) is 0.842. The van der Waals surface area contributed by atoms with Gasteiger partial charge in [-0.25, -0.2) is 4.39 Å². The van der Waals surface area contributed by atoms with Crippen LogP contribution in [0.15, 0.2) is 48.5 Å². The summed E-state index contributed by atoms with van der Waals surface area (Å²) in [5.41, 5.74) is 0.456. The van der Waals surface area contributed by atoms with E-state index in [1.54, 1.807) is 30.3 Å². The molecule has 3 nitrogen and oxygen atoms in total. The standard InChI is InChI=1S/C14H10FNO2/c15-11-4-6-12(7-5-11)18-13-3-1-2-10(8-13)14(17)9-16/h1-8,14,17H/t14-/m1/s1. The second-order valence-corrected chi connectivity index (χ2v) is 3.66. The van der Waals surface area contributed by atoms with Crippen molar-refractivity contribution in [2.75, 3.05) is 0 Å². The minimum Gasteiger partial charge on any atom is -0.457 e. The molecule has 0 heterocycles. The van der Waals surface area contributed by atoms with E-state index in [0.717, 1.165) is 0 Å². The van der Waals surface area contributed by atoms with Gasteiger partial charge in [0.05, 0.1) is 6.07 Å². The van der Waals surface area contributed by atoms with Gasteiger partial charge in [0.1, 0.15) is 17.3 Å². The molecule has 2 aromatic carbocycles. The van der Waals surface area contributed by atoms with Crippen molar-refractivity contribution in [1.29, 1.82) is 5.26 Å². The van der Waals surface area contributed by atoms with Crippen molar-refractivity contribution in [3.05, 3.63) is 59.9 Å². The lowest BCUT2D eigenvalue weighted by molar-refractivity contribution is 0.235. The molecule has 0 aliphatic carbocycles. The summed E-state index contributed by atoms with van der Waals surface area (Å²) in [7, 11) is 0. The minimum absolute atomic E-state index is 0.337. The van der Waals surface area contributed by atoms with Crippen LogP contribution in [0, 0.1) is 17.1 Å². The number of rotatable bonds is 3. The van der Waals surface area contributed by atoms with E-state index in [1.165, 1.54) is 24.3 Å². The van der Waals surface area contributed by atoms with Gasteiger partial charge in [0.15, 0.2) is 6.10 Å². The van der Waals surface area contributed by atoms with Crippen molar-refractivity contribution in [3.8, 4) is 17.6 Å². The average Bonchev–Trinajstić information content (AvgIpc) is 2.41. The average molecular weight is 243 g/mol. The summed E-state index contributed by atoms with van der Waals surface area (Å²) >= 11 is 0. The fourth-order valence-corrected chi connectivity index (χ4v) is 1.46. The Morgan fingerprint density at radius 2 is 1.83 bits per heavy atom. The zero-order valence-electron chi connectivity index (χ0n) is 9.38. The van der Waals surface area contributed by atoms with E-state index in [0.29, 0.717) is 17.1 Å². The third-order valence-electron chi connectivity index (χ3n) is 2.35. The summed E-state index contributed by atoms with van der Waals surface area (Å²) in [6.07, 6.45) is -1.18. The molecule has 0 aliphatic rings. The second-order valence-electron chi connectivity index (χ2n) is 3.66. The summed E-state index contributed by atoms with van der Waals surface area (Å²) in [5.74, 6) is 0.629. The molecule has 4 heteroatoms. The highest BCUT2D eigenvalue weighted by Crippen LogP contribution is 2.24. The molecular formula is C14H10FNO2. The Labute approximate surface area is 104 Å². The number of aliphatic hydroxyl groups excluding tert-OH is 1. The Bertz CT molecular complexity index is 575. The molecule has 0 fully saturated rings. The predicted octanol–water partition coefficient (Wildman–Crippen LogP) is 3.17. The van der Waals surface area contributed by atoms with Crippen molar-refractivity contribution in [2.24, 2.45) is 0 Å². The number of nitriles is 1. The summed E-state index contributed by atoms with van der Waals surface area (Å²) in [5, 5.41) is 18.0. The maximum atomic E-state index is 12.7. The van der Waals surface area contributed by atoms with E-state index in [9.17, 15) is 9.50 Å². The second kappa shape index (κ2) is 5.30. The highest BCUT2D eigenvalue weighted by atomic mass is 19.1. The lowest BCUT2D eigenvalue weighted by atomic mass is 10.1. The molecule has 1 atom stereocenters. The van der Waals surface area contributed by atoms with Gasteiger partial charge in [-0.3, -0.25) is 0 Å². The van der Waals surface area contributed by atoms with E-state index < -0.39 is 6.10 Å². The zero-order chi connectivity index (χ0) is 13.0. The van der Waals surface area contributed by atoms with Crippen LogP contribution in [0.25, 0.3) is 0 Å². The number of hydrogen-bond donors (Lipinski definition) is 1. The van der Waals surface area contributed by atoms with Crippen LogP contribution in [0.4, 0.5) is 4.39 Å². The monoisotopic (exact) mass is 243 g/mol. The molecule has 0 aromatic heterocycles. The number of ether oxygens (including phenoxy) is 1. The molecule has 2 aromatic rings. The molecule has 0 bridgehead atoms. The van der Waals surface area contributed by atoms with Crippen molar-refractivity contribution >= 4 is 0 Å². The first-order valence-corrected chi connectivity index (χ1v) is 5.30. The number of benzene rings is 2. The smallest absolute Gasteiger partial charge is 0.166 e. The van der Waals surface area contributed by atoms with E-state index in [1.807, 2.05) is 0 Å². The van der Waals surface area contributed by atoms with Gasteiger partial charge < -0.3 is 9.84 Å². The Morgan fingerprint density at radius 3 is 2.50 bits per heavy atom. The Morgan fingerprint density at radius 1 is 1.11 bits per heavy atom. The Kier molecular flexibility index (Phi) is 3.56. The van der Waals surface area contributed by atoms with Gasteiger partial charge in [-0.05, 0) is 42.0 Å². The van der Waals surface area contributed by atoms with Crippen LogP contribution in [-0.4, -0.2) is 5.11 Å². The summed E-state index contributed by atoms with van der Waals surface area (Å²) < 4.78 is 18.2. The molecule has 0 radical (unpaired) electrons. The molecule has 0 unspecified atom stereocenters. The van der Waals surface area contributed by atoms with Gasteiger partial charge in [-0.15, -0.1) is 0 Å². The molecular weight excluding hydrogens is 233 g/mol. The zero-order valence-corrected chi connectivity index (χ0v) is 9.38. The molecule has 18 heavy (non-hydrogen) atoms. The number of aliphatic hydroxyl groups is 1. The Balaban J connectivity index is 2.19. The number of nitrogens with zero attached hydrogens (tertiary/aromatic N) is 1. The molecule has 90 valence electrons. The summed E-state index contributed by atoms with van der Waals surface area (Å²) in [6.45, 7) is 0. The van der Waals surface area contributed by atoms with Crippen LogP contribution in [0.1, 0.15) is 11.7 Å². The summed E-state index contributed by atoms with van der Waals surface area (Å²) in [4.78, 5) is 0. The van der Waals surface area contributed by atoms with Crippen LogP contribution in [0.2, 0.25) is 0 Å². The van der Waals surface area contributed by atoms with Crippen molar-refractivity contribution < 1.29 is 14.2 Å². The third-order valence-corrected chi connectivity index (χ3v) is 2.35. The van der Waals surface area contributed by atoms with Gasteiger partial charge in [0, 0.05) is 0 Å². The lowest BCUT2D eigenvalue weighted by Gasteiger charge is -2.08. The van der Waals surface area contributed by atoms with Gasteiger partial charge in [-0.1, -0.05) is 12.1 Å². The van der Waals surface area contributed by atoms with Gasteiger partial charge in [0.25, 0.3) is 0 Å². The first kappa shape index (κ1) is 12.1. The highest BCUT2D eigenvalue weighted by molar-refractivity contribution is 5.35. The maximum absolute atomic E-state index is 12.7. The van der Waals surface area contributed by atoms with E-state index in [-0.39, 0.29) is 5.82 Å². The SMILES string of the molecule is N#C[C@@H](O)c1cccc(Oc2ccc(F)cc2)c1. The van der Waals surface area contributed by atoms with Gasteiger partial charge >= 0.3 is 0 Å². The molecule has 0 saturated heterocycles. The normalized spacial score (nSPS) is 11.6. The molecule has 2 rings (SSSR count). The number of halogens is 1.